The Kier molecular flexibility index (Phi) is 8.46. The number of aromatic nitrogens is 1. The standard InChI is InChI=1S/C18H16Cl2F3N3O5S/c1-10-13(19)8-24-17(16(10)20)26-14(27)9-31-15(28)5-6-25-32(29,30)12-4-2-3-11(7-12)18(21,22)23/h2-4,7-8,25H,5-6,9H2,1H3,(H,24,26,27). The highest BCUT2D eigenvalue weighted by atomic mass is 35.5. The lowest BCUT2D eigenvalue weighted by Gasteiger charge is -2.11. The van der Waals surface area contributed by atoms with Crippen molar-refractivity contribution < 1.29 is 35.9 Å². The number of halogens is 5. The first kappa shape index (κ1) is 25.8. The van der Waals surface area contributed by atoms with Crippen molar-refractivity contribution >= 4 is 50.9 Å². The molecule has 2 N–H and O–H groups in total. The summed E-state index contributed by atoms with van der Waals surface area (Å²) >= 11 is 11.8. The van der Waals surface area contributed by atoms with Crippen LogP contribution in [-0.4, -0.2) is 38.4 Å². The molecule has 0 fully saturated rings. The van der Waals surface area contributed by atoms with E-state index in [2.05, 4.69) is 10.3 Å². The molecule has 1 heterocycles. The Hall–Kier alpha value is -2.41. The molecule has 0 spiro atoms. The predicted molar refractivity (Wildman–Crippen MR) is 110 cm³/mol. The number of nitrogens with one attached hydrogen (secondary N) is 2. The van der Waals surface area contributed by atoms with Crippen LogP contribution in [0.4, 0.5) is 19.0 Å². The van der Waals surface area contributed by atoms with Gasteiger partial charge >= 0.3 is 12.1 Å². The van der Waals surface area contributed by atoms with Gasteiger partial charge in [0, 0.05) is 12.7 Å². The van der Waals surface area contributed by atoms with Crippen LogP contribution in [0.1, 0.15) is 17.5 Å². The molecule has 1 aromatic heterocycles. The van der Waals surface area contributed by atoms with Crippen LogP contribution in [0.3, 0.4) is 0 Å². The van der Waals surface area contributed by atoms with Crippen LogP contribution >= 0.6 is 23.2 Å². The molecule has 174 valence electrons. The van der Waals surface area contributed by atoms with Crippen molar-refractivity contribution in [2.75, 3.05) is 18.5 Å². The maximum Gasteiger partial charge on any atom is 0.416 e. The number of anilines is 1. The SMILES string of the molecule is Cc1c(Cl)cnc(NC(=O)COC(=O)CCNS(=O)(=O)c2cccc(C(F)(F)F)c2)c1Cl. The molecule has 2 rings (SSSR count). The van der Waals surface area contributed by atoms with Gasteiger partial charge in [0.1, 0.15) is 0 Å². The van der Waals surface area contributed by atoms with Crippen LogP contribution in [0.25, 0.3) is 0 Å². The second kappa shape index (κ2) is 10.5. The maximum atomic E-state index is 12.7. The smallest absolute Gasteiger partial charge is 0.416 e. The van der Waals surface area contributed by atoms with Crippen molar-refractivity contribution in [1.29, 1.82) is 0 Å². The van der Waals surface area contributed by atoms with Gasteiger partial charge in [-0.05, 0) is 30.7 Å². The van der Waals surface area contributed by atoms with Crippen LogP contribution in [0.5, 0.6) is 0 Å². The molecule has 1 amide bonds. The van der Waals surface area contributed by atoms with E-state index in [1.165, 1.54) is 6.20 Å². The second-order valence-corrected chi connectivity index (χ2v) is 8.83. The monoisotopic (exact) mass is 513 g/mol. The summed E-state index contributed by atoms with van der Waals surface area (Å²) in [6.45, 7) is 0.462. The second-order valence-electron chi connectivity index (χ2n) is 6.28. The van der Waals surface area contributed by atoms with Crippen molar-refractivity contribution in [2.24, 2.45) is 0 Å². The minimum Gasteiger partial charge on any atom is -0.456 e. The Morgan fingerprint density at radius 1 is 1.22 bits per heavy atom. The number of nitrogens with zero attached hydrogens (tertiary/aromatic N) is 1. The fraction of sp³-hybridized carbons (Fsp3) is 0.278. The molecule has 0 aliphatic rings. The Bertz CT molecular complexity index is 1130. The van der Waals surface area contributed by atoms with E-state index >= 15 is 0 Å². The van der Waals surface area contributed by atoms with E-state index in [9.17, 15) is 31.2 Å². The number of carbonyl (C=O) groups is 2. The molecule has 14 heteroatoms. The number of amides is 1. The number of hydrogen-bond acceptors (Lipinski definition) is 6. The van der Waals surface area contributed by atoms with Gasteiger partial charge in [-0.25, -0.2) is 18.1 Å². The molecule has 0 aliphatic carbocycles. The van der Waals surface area contributed by atoms with Crippen LogP contribution < -0.4 is 10.0 Å². The number of pyridine rings is 1. The van der Waals surface area contributed by atoms with Gasteiger partial charge in [0.25, 0.3) is 5.91 Å². The number of alkyl halides is 3. The summed E-state index contributed by atoms with van der Waals surface area (Å²) in [4.78, 5) is 26.8. The molecule has 0 radical (unpaired) electrons. The van der Waals surface area contributed by atoms with Gasteiger partial charge in [0.2, 0.25) is 10.0 Å². The Morgan fingerprint density at radius 2 is 1.91 bits per heavy atom. The zero-order valence-corrected chi connectivity index (χ0v) is 18.6. The van der Waals surface area contributed by atoms with Gasteiger partial charge in [-0.1, -0.05) is 29.3 Å². The third-order valence-electron chi connectivity index (χ3n) is 3.92. The van der Waals surface area contributed by atoms with E-state index in [4.69, 9.17) is 27.9 Å². The van der Waals surface area contributed by atoms with E-state index in [-0.39, 0.29) is 10.8 Å². The van der Waals surface area contributed by atoms with E-state index in [1.54, 1.807) is 6.92 Å². The largest absolute Gasteiger partial charge is 0.456 e. The predicted octanol–water partition coefficient (Wildman–Crippen LogP) is 3.57. The van der Waals surface area contributed by atoms with Crippen molar-refractivity contribution in [1.82, 2.24) is 9.71 Å². The fourth-order valence-corrected chi connectivity index (χ4v) is 3.71. The number of sulfonamides is 1. The van der Waals surface area contributed by atoms with Crippen molar-refractivity contribution in [3.8, 4) is 0 Å². The lowest BCUT2D eigenvalue weighted by molar-refractivity contribution is -0.147. The van der Waals surface area contributed by atoms with Gasteiger partial charge in [0.15, 0.2) is 12.4 Å². The summed E-state index contributed by atoms with van der Waals surface area (Å²) in [6.07, 6.45) is -3.90. The van der Waals surface area contributed by atoms with Crippen molar-refractivity contribution in [2.45, 2.75) is 24.4 Å². The number of hydrogen-bond donors (Lipinski definition) is 2. The Labute approximate surface area is 191 Å². The average Bonchev–Trinajstić information content (AvgIpc) is 2.72. The molecule has 0 bridgehead atoms. The van der Waals surface area contributed by atoms with Gasteiger partial charge in [-0.15, -0.1) is 0 Å². The van der Waals surface area contributed by atoms with E-state index < -0.39 is 58.1 Å². The van der Waals surface area contributed by atoms with E-state index in [0.717, 1.165) is 18.2 Å². The van der Waals surface area contributed by atoms with Crippen LogP contribution in [0.15, 0.2) is 35.4 Å². The van der Waals surface area contributed by atoms with Crippen molar-refractivity contribution in [3.63, 3.8) is 0 Å². The summed E-state index contributed by atoms with van der Waals surface area (Å²) in [6, 6.07) is 3.14. The highest BCUT2D eigenvalue weighted by Gasteiger charge is 2.31. The summed E-state index contributed by atoms with van der Waals surface area (Å²) in [5.41, 5.74) is -0.639. The summed E-state index contributed by atoms with van der Waals surface area (Å²) in [5, 5.41) is 2.74. The number of ether oxygens (including phenoxy) is 1. The minimum absolute atomic E-state index is 0.0171. The minimum atomic E-state index is -4.71. The molecule has 32 heavy (non-hydrogen) atoms. The third-order valence-corrected chi connectivity index (χ3v) is 6.22. The molecule has 0 saturated heterocycles. The van der Waals surface area contributed by atoms with Crippen molar-refractivity contribution in [3.05, 3.63) is 51.6 Å². The lowest BCUT2D eigenvalue weighted by atomic mass is 10.2. The molecular weight excluding hydrogens is 498 g/mol. The first-order chi connectivity index (χ1) is 14.8. The molecule has 0 saturated carbocycles. The Morgan fingerprint density at radius 3 is 2.56 bits per heavy atom. The summed E-state index contributed by atoms with van der Waals surface area (Å²) in [7, 11) is -4.29. The normalized spacial score (nSPS) is 11.8. The van der Waals surface area contributed by atoms with E-state index in [1.807, 2.05) is 4.72 Å². The number of benzene rings is 1. The number of carbonyl (C=O) groups excluding carboxylic acids is 2. The first-order valence-corrected chi connectivity index (χ1v) is 11.0. The van der Waals surface area contributed by atoms with Gasteiger partial charge in [-0.3, -0.25) is 9.59 Å². The molecule has 0 aliphatic heterocycles. The molecular formula is C18H16Cl2F3N3O5S. The van der Waals surface area contributed by atoms with Crippen LogP contribution in [0.2, 0.25) is 10.0 Å². The zero-order chi connectivity index (χ0) is 24.1. The fourth-order valence-electron chi connectivity index (χ4n) is 2.24. The summed E-state index contributed by atoms with van der Waals surface area (Å²) < 4.78 is 69.2. The highest BCUT2D eigenvalue weighted by molar-refractivity contribution is 7.89. The topological polar surface area (TPSA) is 114 Å². The van der Waals surface area contributed by atoms with Gasteiger partial charge < -0.3 is 10.1 Å². The van der Waals surface area contributed by atoms with Gasteiger partial charge in [0.05, 0.1) is 26.9 Å². The zero-order valence-electron chi connectivity index (χ0n) is 16.3. The third kappa shape index (κ3) is 7.05. The number of rotatable bonds is 8. The first-order valence-electron chi connectivity index (χ1n) is 8.74. The Balaban J connectivity index is 1.83. The number of esters is 1. The molecule has 8 nitrogen and oxygen atoms in total. The van der Waals surface area contributed by atoms with E-state index in [0.29, 0.717) is 16.7 Å². The summed E-state index contributed by atoms with van der Waals surface area (Å²) in [5.74, 6) is -1.65. The highest BCUT2D eigenvalue weighted by Crippen LogP contribution is 2.30. The molecule has 1 aromatic carbocycles. The molecule has 0 unspecified atom stereocenters. The maximum absolute atomic E-state index is 12.7. The van der Waals surface area contributed by atoms with Gasteiger partial charge in [-0.2, -0.15) is 13.2 Å². The molecule has 0 atom stereocenters. The lowest BCUT2D eigenvalue weighted by Crippen LogP contribution is -2.28. The van der Waals surface area contributed by atoms with Crippen LogP contribution in [-0.2, 0) is 30.5 Å². The quantitative estimate of drug-likeness (QED) is 0.521. The van der Waals surface area contributed by atoms with Crippen LogP contribution in [0, 0.1) is 6.92 Å². The average molecular weight is 514 g/mol. The molecule has 2 aromatic rings.